The molecule has 4 nitrogen and oxygen atoms in total. The number of amides is 1. The fourth-order valence-electron chi connectivity index (χ4n) is 2.51. The van der Waals surface area contributed by atoms with Crippen LogP contribution in [0.4, 0.5) is 18.9 Å². The van der Waals surface area contributed by atoms with Gasteiger partial charge in [-0.25, -0.2) is 0 Å². The third-order valence-corrected chi connectivity index (χ3v) is 3.85. The molecule has 0 aromatic heterocycles. The Labute approximate surface area is 155 Å². The Balaban J connectivity index is 2.25. The summed E-state index contributed by atoms with van der Waals surface area (Å²) in [5.74, 6) is -1.08. The number of rotatable bonds is 6. The lowest BCUT2D eigenvalue weighted by molar-refractivity contribution is -0.142. The van der Waals surface area contributed by atoms with Crippen LogP contribution in [0.15, 0.2) is 48.5 Å². The number of hydrogen-bond acceptors (Lipinski definition) is 3. The van der Waals surface area contributed by atoms with Crippen LogP contribution in [0, 0.1) is 6.92 Å². The number of alkyl halides is 3. The van der Waals surface area contributed by atoms with Crippen molar-refractivity contribution in [3.8, 4) is 0 Å². The van der Waals surface area contributed by atoms with Crippen LogP contribution in [0.3, 0.4) is 0 Å². The van der Waals surface area contributed by atoms with Crippen molar-refractivity contribution in [2.75, 3.05) is 18.1 Å². The molecule has 0 unspecified atom stereocenters. The third kappa shape index (κ3) is 5.84. The predicted octanol–water partition coefficient (Wildman–Crippen LogP) is 4.15. The van der Waals surface area contributed by atoms with Crippen LogP contribution in [0.5, 0.6) is 0 Å². The van der Waals surface area contributed by atoms with E-state index in [9.17, 15) is 22.8 Å². The molecule has 2 rings (SSSR count). The van der Waals surface area contributed by atoms with Crippen LogP contribution in [0.2, 0.25) is 0 Å². The molecule has 0 aliphatic heterocycles. The Hall–Kier alpha value is -2.83. The van der Waals surface area contributed by atoms with E-state index < -0.39 is 23.6 Å². The summed E-state index contributed by atoms with van der Waals surface area (Å²) in [7, 11) is 0. The van der Waals surface area contributed by atoms with Crippen molar-refractivity contribution in [3.05, 3.63) is 65.2 Å². The highest BCUT2D eigenvalue weighted by atomic mass is 19.4. The number of nitrogens with zero attached hydrogens (tertiary/aromatic N) is 1. The van der Waals surface area contributed by atoms with Crippen molar-refractivity contribution >= 4 is 17.6 Å². The predicted molar refractivity (Wildman–Crippen MR) is 95.3 cm³/mol. The van der Waals surface area contributed by atoms with Crippen molar-refractivity contribution in [2.45, 2.75) is 26.4 Å². The number of carbonyl (C=O) groups is 2. The Morgan fingerprint density at radius 3 is 2.33 bits per heavy atom. The largest absolute Gasteiger partial charge is 0.465 e. The molecule has 7 heteroatoms. The topological polar surface area (TPSA) is 46.6 Å². The first-order chi connectivity index (χ1) is 12.7. The zero-order chi connectivity index (χ0) is 20.0. The third-order valence-electron chi connectivity index (χ3n) is 3.85. The molecule has 0 bridgehead atoms. The molecule has 0 N–H and O–H groups in total. The summed E-state index contributed by atoms with van der Waals surface area (Å²) in [6.07, 6.45) is -4.75. The maximum absolute atomic E-state index is 12.9. The highest BCUT2D eigenvalue weighted by Crippen LogP contribution is 2.29. The molecule has 2 aromatic carbocycles. The van der Waals surface area contributed by atoms with Crippen LogP contribution in [0.1, 0.15) is 23.6 Å². The molecule has 27 heavy (non-hydrogen) atoms. The summed E-state index contributed by atoms with van der Waals surface area (Å²) in [6.45, 7) is 3.39. The Morgan fingerprint density at radius 1 is 1.07 bits per heavy atom. The molecule has 0 spiro atoms. The van der Waals surface area contributed by atoms with Gasteiger partial charge in [0.15, 0.2) is 0 Å². The lowest BCUT2D eigenvalue weighted by atomic mass is 10.1. The van der Waals surface area contributed by atoms with Crippen LogP contribution in [-0.4, -0.2) is 25.0 Å². The minimum atomic E-state index is -4.49. The summed E-state index contributed by atoms with van der Waals surface area (Å²) in [5, 5.41) is 0. The van der Waals surface area contributed by atoms with Gasteiger partial charge in [-0.15, -0.1) is 0 Å². The monoisotopic (exact) mass is 379 g/mol. The Bertz CT molecular complexity index is 801. The smallest absolute Gasteiger partial charge is 0.416 e. The molecule has 144 valence electrons. The molecule has 1 amide bonds. The average Bonchev–Trinajstić information content (AvgIpc) is 2.60. The van der Waals surface area contributed by atoms with E-state index in [1.165, 1.54) is 17.0 Å². The summed E-state index contributed by atoms with van der Waals surface area (Å²) in [5.41, 5.74) is 0.849. The second-order valence-electron chi connectivity index (χ2n) is 6.00. The van der Waals surface area contributed by atoms with Crippen molar-refractivity contribution in [3.63, 3.8) is 0 Å². The van der Waals surface area contributed by atoms with Crippen molar-refractivity contribution < 1.29 is 27.5 Å². The zero-order valence-electron chi connectivity index (χ0n) is 15.0. The van der Waals surface area contributed by atoms with Gasteiger partial charge in [-0.05, 0) is 37.6 Å². The molecule has 0 aliphatic rings. The summed E-state index contributed by atoms with van der Waals surface area (Å²) >= 11 is 0. The molecule has 0 atom stereocenters. The highest BCUT2D eigenvalue weighted by molar-refractivity contribution is 5.98. The molecular weight excluding hydrogens is 359 g/mol. The summed E-state index contributed by atoms with van der Waals surface area (Å²) < 4.78 is 43.5. The van der Waals surface area contributed by atoms with Crippen molar-refractivity contribution in [1.29, 1.82) is 0 Å². The Kier molecular flexibility index (Phi) is 6.60. The van der Waals surface area contributed by atoms with Gasteiger partial charge in [0.2, 0.25) is 5.91 Å². The van der Waals surface area contributed by atoms with Gasteiger partial charge >= 0.3 is 12.1 Å². The van der Waals surface area contributed by atoms with Crippen LogP contribution < -0.4 is 4.90 Å². The first-order valence-electron chi connectivity index (χ1n) is 8.39. The number of hydrogen-bond donors (Lipinski definition) is 0. The normalized spacial score (nSPS) is 11.1. The van der Waals surface area contributed by atoms with Crippen LogP contribution in [-0.2, 0) is 26.9 Å². The lowest BCUT2D eigenvalue weighted by Gasteiger charge is -2.22. The number of carbonyl (C=O) groups excluding carboxylic acids is 2. The van der Waals surface area contributed by atoms with Gasteiger partial charge in [0.25, 0.3) is 0 Å². The van der Waals surface area contributed by atoms with E-state index in [1.54, 1.807) is 31.2 Å². The standard InChI is InChI=1S/C20H20F3NO3/c1-3-27-19(26)13-24(17-9-7-14(2)8-10-17)18(25)12-15-5-4-6-16(11-15)20(21,22)23/h4-11H,3,12-13H2,1-2H3. The second kappa shape index (κ2) is 8.70. The average molecular weight is 379 g/mol. The number of benzene rings is 2. The Morgan fingerprint density at radius 2 is 1.74 bits per heavy atom. The fourth-order valence-corrected chi connectivity index (χ4v) is 2.51. The number of halogens is 3. The molecule has 2 aromatic rings. The SMILES string of the molecule is CCOC(=O)CN(C(=O)Cc1cccc(C(F)(F)F)c1)c1ccc(C)cc1. The molecule has 0 fully saturated rings. The zero-order valence-corrected chi connectivity index (χ0v) is 15.0. The number of ether oxygens (including phenoxy) is 1. The van der Waals surface area contributed by atoms with Crippen LogP contribution in [0.25, 0.3) is 0 Å². The molecule has 0 saturated heterocycles. The number of esters is 1. The van der Waals surface area contributed by atoms with E-state index in [4.69, 9.17) is 4.74 Å². The fraction of sp³-hybridized carbons (Fsp3) is 0.300. The summed E-state index contributed by atoms with van der Waals surface area (Å²) in [4.78, 5) is 25.8. The van der Waals surface area contributed by atoms with Gasteiger partial charge < -0.3 is 9.64 Å². The molecule has 0 radical (unpaired) electrons. The van der Waals surface area contributed by atoms with E-state index in [0.29, 0.717) is 5.69 Å². The highest BCUT2D eigenvalue weighted by Gasteiger charge is 2.30. The van der Waals surface area contributed by atoms with Crippen molar-refractivity contribution in [1.82, 2.24) is 0 Å². The quantitative estimate of drug-likeness (QED) is 0.709. The first kappa shape index (κ1) is 20.5. The summed E-state index contributed by atoms with van der Waals surface area (Å²) in [6, 6.07) is 11.5. The van der Waals surface area contributed by atoms with E-state index in [0.717, 1.165) is 17.7 Å². The van der Waals surface area contributed by atoms with Gasteiger partial charge in [0, 0.05) is 5.69 Å². The maximum Gasteiger partial charge on any atom is 0.416 e. The first-order valence-corrected chi connectivity index (χ1v) is 8.39. The number of aryl methyl sites for hydroxylation is 1. The molecule has 0 aliphatic carbocycles. The minimum Gasteiger partial charge on any atom is -0.465 e. The van der Waals surface area contributed by atoms with Gasteiger partial charge in [-0.3, -0.25) is 9.59 Å². The van der Waals surface area contributed by atoms with E-state index >= 15 is 0 Å². The lowest BCUT2D eigenvalue weighted by Crippen LogP contribution is -2.37. The van der Waals surface area contributed by atoms with Crippen LogP contribution >= 0.6 is 0 Å². The van der Waals surface area contributed by atoms with Gasteiger partial charge in [-0.1, -0.05) is 35.9 Å². The van der Waals surface area contributed by atoms with Gasteiger partial charge in [0.05, 0.1) is 18.6 Å². The van der Waals surface area contributed by atoms with E-state index in [1.807, 2.05) is 6.92 Å². The minimum absolute atomic E-state index is 0.169. The van der Waals surface area contributed by atoms with Gasteiger partial charge in [0.1, 0.15) is 6.54 Å². The maximum atomic E-state index is 12.9. The van der Waals surface area contributed by atoms with Gasteiger partial charge in [-0.2, -0.15) is 13.2 Å². The number of anilines is 1. The molecular formula is C20H20F3NO3. The molecule has 0 saturated carbocycles. The molecule has 0 heterocycles. The second-order valence-corrected chi connectivity index (χ2v) is 6.00. The van der Waals surface area contributed by atoms with Crippen molar-refractivity contribution in [2.24, 2.45) is 0 Å². The van der Waals surface area contributed by atoms with E-state index in [-0.39, 0.29) is 25.1 Å². The van der Waals surface area contributed by atoms with E-state index in [2.05, 4.69) is 0 Å².